The molecule has 0 bridgehead atoms. The standard InChI is InChI=1S/2C2H4OS.Se/c2*1-2(3)4;/h2*1H3,(H,3,4);. The molecule has 0 amide bonds. The van der Waals surface area contributed by atoms with E-state index in [1.165, 1.54) is 13.8 Å². The molecule has 0 aromatic rings. The Morgan fingerprint density at radius 1 is 1.00 bits per heavy atom. The molecule has 0 spiro atoms. The zero-order valence-corrected chi connectivity index (χ0v) is 8.62. The van der Waals surface area contributed by atoms with E-state index < -0.39 is 0 Å². The van der Waals surface area contributed by atoms with E-state index in [1.54, 1.807) is 0 Å². The van der Waals surface area contributed by atoms with E-state index in [0.29, 0.717) is 0 Å². The number of carbonyl (C=O) groups is 2. The van der Waals surface area contributed by atoms with Crippen molar-refractivity contribution in [3.05, 3.63) is 0 Å². The summed E-state index contributed by atoms with van der Waals surface area (Å²) in [4.78, 5) is 18.6. The van der Waals surface area contributed by atoms with Crippen molar-refractivity contribution in [1.82, 2.24) is 0 Å². The van der Waals surface area contributed by atoms with Gasteiger partial charge in [0.15, 0.2) is 10.2 Å². The number of hydrogen-bond acceptors (Lipinski definition) is 2. The van der Waals surface area contributed by atoms with Crippen molar-refractivity contribution in [1.29, 1.82) is 0 Å². The molecular weight excluding hydrogens is 223 g/mol. The number of rotatable bonds is 0. The van der Waals surface area contributed by atoms with E-state index in [2.05, 4.69) is 25.3 Å². The van der Waals surface area contributed by atoms with Gasteiger partial charge in [0, 0.05) is 30.9 Å². The van der Waals surface area contributed by atoms with Crippen LogP contribution in [0.3, 0.4) is 0 Å². The molecule has 0 aliphatic heterocycles. The molecule has 54 valence electrons. The summed E-state index contributed by atoms with van der Waals surface area (Å²) in [5.41, 5.74) is 0. The van der Waals surface area contributed by atoms with Crippen LogP contribution in [0, 0.1) is 0 Å². The summed E-state index contributed by atoms with van der Waals surface area (Å²) in [5.74, 6) is 0. The predicted octanol–water partition coefficient (Wildman–Crippen LogP) is 0.545. The molecule has 2 nitrogen and oxygen atoms in total. The third-order valence-corrected chi connectivity index (χ3v) is 0. The first-order valence-corrected chi connectivity index (χ1v) is 2.75. The monoisotopic (exact) mass is 232 g/mol. The summed E-state index contributed by atoms with van der Waals surface area (Å²) in [7, 11) is 0. The summed E-state index contributed by atoms with van der Waals surface area (Å²) in [6, 6.07) is 0. The van der Waals surface area contributed by atoms with Gasteiger partial charge in [0.25, 0.3) is 0 Å². The Hall–Kier alpha value is 0.559. The summed E-state index contributed by atoms with van der Waals surface area (Å²) in [6.07, 6.45) is 0. The van der Waals surface area contributed by atoms with Crippen LogP contribution in [0.15, 0.2) is 0 Å². The maximum atomic E-state index is 9.31. The van der Waals surface area contributed by atoms with Gasteiger partial charge in [-0.1, -0.05) is 0 Å². The first-order valence-electron chi connectivity index (χ1n) is 1.86. The third kappa shape index (κ3) is 1180. The second-order valence-electron chi connectivity index (χ2n) is 1.04. The van der Waals surface area contributed by atoms with Crippen LogP contribution in [0.4, 0.5) is 0 Å². The van der Waals surface area contributed by atoms with Crippen LogP contribution in [0.1, 0.15) is 13.8 Å². The quantitative estimate of drug-likeness (QED) is 0.471. The maximum absolute atomic E-state index is 9.31. The summed E-state index contributed by atoms with van der Waals surface area (Å²) in [6.45, 7) is 2.78. The molecule has 0 fully saturated rings. The van der Waals surface area contributed by atoms with E-state index in [-0.39, 0.29) is 27.3 Å². The molecule has 0 atom stereocenters. The molecule has 2 radical (unpaired) electrons. The van der Waals surface area contributed by atoms with Crippen LogP contribution in [0.2, 0.25) is 0 Å². The van der Waals surface area contributed by atoms with Crippen molar-refractivity contribution >= 4 is 52.6 Å². The van der Waals surface area contributed by atoms with Crippen molar-refractivity contribution in [3.63, 3.8) is 0 Å². The predicted molar refractivity (Wildman–Crippen MR) is 45.1 cm³/mol. The Bertz CT molecular complexity index is 74.6. The maximum Gasteiger partial charge on any atom is 0.182 e. The number of carbonyl (C=O) groups excluding carboxylic acids is 2. The molecule has 0 aliphatic rings. The van der Waals surface area contributed by atoms with Crippen LogP contribution >= 0.6 is 25.3 Å². The fourth-order valence-corrected chi connectivity index (χ4v) is 0. The van der Waals surface area contributed by atoms with Crippen molar-refractivity contribution in [3.8, 4) is 0 Å². The third-order valence-electron chi connectivity index (χ3n) is 0. The van der Waals surface area contributed by atoms with Gasteiger partial charge >= 0.3 is 0 Å². The van der Waals surface area contributed by atoms with Crippen LogP contribution in [0.5, 0.6) is 0 Å². The fourth-order valence-electron chi connectivity index (χ4n) is 0. The average Bonchev–Trinajstić information content (AvgIpc) is 1.25. The molecule has 0 saturated heterocycles. The van der Waals surface area contributed by atoms with Gasteiger partial charge in [-0.15, -0.1) is 25.3 Å². The van der Waals surface area contributed by atoms with Crippen molar-refractivity contribution < 1.29 is 9.59 Å². The second-order valence-corrected chi connectivity index (χ2v) is 2.30. The molecule has 0 heterocycles. The Morgan fingerprint density at radius 2 is 1.00 bits per heavy atom. The van der Waals surface area contributed by atoms with Gasteiger partial charge < -0.3 is 0 Å². The van der Waals surface area contributed by atoms with Gasteiger partial charge in [-0.2, -0.15) is 0 Å². The molecule has 0 aromatic carbocycles. The van der Waals surface area contributed by atoms with Gasteiger partial charge in [0.1, 0.15) is 0 Å². The van der Waals surface area contributed by atoms with Crippen LogP contribution in [0.25, 0.3) is 0 Å². The first-order chi connectivity index (χ1) is 3.46. The van der Waals surface area contributed by atoms with Crippen LogP contribution in [-0.2, 0) is 9.59 Å². The minimum atomic E-state index is -0.139. The SMILES string of the molecule is CC(=O)S.CC(=O)S.[Se]. The minimum absolute atomic E-state index is 0. The van der Waals surface area contributed by atoms with Crippen molar-refractivity contribution in [2.24, 2.45) is 0 Å². The normalized spacial score (nSPS) is 5.78. The second kappa shape index (κ2) is 11.4. The zero-order valence-electron chi connectivity index (χ0n) is 5.12. The van der Waals surface area contributed by atoms with E-state index >= 15 is 0 Å². The summed E-state index contributed by atoms with van der Waals surface area (Å²) in [5, 5.41) is -0.278. The smallest absolute Gasteiger partial charge is 0.182 e. The fraction of sp³-hybridized carbons (Fsp3) is 0.500. The molecule has 0 aromatic heterocycles. The topological polar surface area (TPSA) is 34.1 Å². The molecule has 0 unspecified atom stereocenters. The average molecular weight is 231 g/mol. The number of hydrogen-bond donors (Lipinski definition) is 2. The van der Waals surface area contributed by atoms with E-state index in [9.17, 15) is 9.59 Å². The first kappa shape index (κ1) is 16.3. The zero-order chi connectivity index (χ0) is 7.15. The molecular formula is C4H8O2S2Se. The van der Waals surface area contributed by atoms with E-state index in [0.717, 1.165) is 0 Å². The molecule has 5 heteroatoms. The molecule has 0 aliphatic carbocycles. The minimum Gasteiger partial charge on any atom is -0.288 e. The van der Waals surface area contributed by atoms with Gasteiger partial charge in [-0.05, 0) is 0 Å². The van der Waals surface area contributed by atoms with Crippen LogP contribution < -0.4 is 0 Å². The molecule has 0 N–H and O–H groups in total. The Labute approximate surface area is 76.1 Å². The van der Waals surface area contributed by atoms with Gasteiger partial charge in [-0.3, -0.25) is 9.59 Å². The molecule has 0 rings (SSSR count). The number of thiol groups is 2. The van der Waals surface area contributed by atoms with Crippen molar-refractivity contribution in [2.75, 3.05) is 0 Å². The van der Waals surface area contributed by atoms with Gasteiger partial charge in [0.05, 0.1) is 0 Å². The van der Waals surface area contributed by atoms with Crippen molar-refractivity contribution in [2.45, 2.75) is 13.8 Å². The molecule has 0 saturated carbocycles. The Kier molecular flexibility index (Phi) is 20.6. The Morgan fingerprint density at radius 3 is 1.00 bits per heavy atom. The van der Waals surface area contributed by atoms with E-state index in [1.807, 2.05) is 0 Å². The van der Waals surface area contributed by atoms with Gasteiger partial charge in [-0.25, -0.2) is 0 Å². The largest absolute Gasteiger partial charge is 0.288 e. The molecule has 9 heavy (non-hydrogen) atoms. The van der Waals surface area contributed by atoms with E-state index in [4.69, 9.17) is 0 Å². The van der Waals surface area contributed by atoms with Crippen LogP contribution in [-0.4, -0.2) is 27.3 Å². The summed E-state index contributed by atoms with van der Waals surface area (Å²) >= 11 is 6.65. The Balaban J connectivity index is -0.0000000720. The summed E-state index contributed by atoms with van der Waals surface area (Å²) < 4.78 is 0. The van der Waals surface area contributed by atoms with Gasteiger partial charge in [0.2, 0.25) is 0 Å².